The van der Waals surface area contributed by atoms with E-state index in [4.69, 9.17) is 4.74 Å². The van der Waals surface area contributed by atoms with Crippen molar-refractivity contribution in [3.63, 3.8) is 0 Å². The van der Waals surface area contributed by atoms with Gasteiger partial charge < -0.3 is 15.0 Å². The van der Waals surface area contributed by atoms with E-state index in [9.17, 15) is 4.79 Å². The number of hydrogen-bond acceptors (Lipinski definition) is 3. The lowest BCUT2D eigenvalue weighted by atomic mass is 10.0. The van der Waals surface area contributed by atoms with Crippen LogP contribution in [-0.2, 0) is 4.79 Å². The zero-order chi connectivity index (χ0) is 15.9. The number of ether oxygens (including phenoxy) is 1. The van der Waals surface area contributed by atoms with Crippen LogP contribution in [0.15, 0.2) is 28.7 Å². The minimum absolute atomic E-state index is 0.0307. The maximum absolute atomic E-state index is 12.2. The summed E-state index contributed by atoms with van der Waals surface area (Å²) in [6, 6.07) is 7.80. The molecule has 1 atom stereocenters. The summed E-state index contributed by atoms with van der Waals surface area (Å²) >= 11 is 3.38. The SMILES string of the molecule is CCCN1CCC(NC(=O)C(C)Oc2ccc(Br)cc2)CC1. The minimum Gasteiger partial charge on any atom is -0.481 e. The lowest BCUT2D eigenvalue weighted by molar-refractivity contribution is -0.128. The number of nitrogens with one attached hydrogen (secondary N) is 1. The fourth-order valence-electron chi connectivity index (χ4n) is 2.71. The number of rotatable bonds is 6. The molecule has 2 rings (SSSR count). The van der Waals surface area contributed by atoms with Crippen LogP contribution in [0, 0.1) is 0 Å². The Morgan fingerprint density at radius 1 is 1.36 bits per heavy atom. The van der Waals surface area contributed by atoms with E-state index in [0.717, 1.165) is 36.9 Å². The zero-order valence-electron chi connectivity index (χ0n) is 13.3. The van der Waals surface area contributed by atoms with Gasteiger partial charge in [0.2, 0.25) is 0 Å². The highest BCUT2D eigenvalue weighted by atomic mass is 79.9. The summed E-state index contributed by atoms with van der Waals surface area (Å²) in [5.74, 6) is 0.681. The molecule has 1 unspecified atom stereocenters. The Kier molecular flexibility index (Phi) is 6.70. The molecule has 1 saturated heterocycles. The van der Waals surface area contributed by atoms with Crippen LogP contribution in [0.5, 0.6) is 5.75 Å². The highest BCUT2D eigenvalue weighted by Crippen LogP contribution is 2.17. The van der Waals surface area contributed by atoms with Gasteiger partial charge in [0.1, 0.15) is 5.75 Å². The first-order chi connectivity index (χ1) is 10.6. The molecule has 0 spiro atoms. The molecule has 122 valence electrons. The molecule has 0 aromatic heterocycles. The Morgan fingerprint density at radius 2 is 2.00 bits per heavy atom. The first kappa shape index (κ1) is 17.3. The third kappa shape index (κ3) is 5.29. The fourth-order valence-corrected chi connectivity index (χ4v) is 2.97. The van der Waals surface area contributed by atoms with Crippen molar-refractivity contribution in [1.29, 1.82) is 0 Å². The molecule has 4 nitrogen and oxygen atoms in total. The molecule has 1 N–H and O–H groups in total. The Balaban J connectivity index is 1.76. The molecule has 0 radical (unpaired) electrons. The highest BCUT2D eigenvalue weighted by Gasteiger charge is 2.23. The second-order valence-electron chi connectivity index (χ2n) is 5.84. The summed E-state index contributed by atoms with van der Waals surface area (Å²) < 4.78 is 6.69. The number of hydrogen-bond donors (Lipinski definition) is 1. The lowest BCUT2D eigenvalue weighted by Gasteiger charge is -2.32. The molecule has 1 aromatic rings. The van der Waals surface area contributed by atoms with Crippen molar-refractivity contribution in [3.8, 4) is 5.75 Å². The van der Waals surface area contributed by atoms with E-state index in [2.05, 4.69) is 33.1 Å². The average molecular weight is 369 g/mol. The second kappa shape index (κ2) is 8.53. The number of piperidine rings is 1. The number of carbonyl (C=O) groups is 1. The predicted octanol–water partition coefficient (Wildman–Crippen LogP) is 3.21. The number of halogens is 1. The third-order valence-electron chi connectivity index (χ3n) is 3.97. The zero-order valence-corrected chi connectivity index (χ0v) is 14.9. The number of nitrogens with zero attached hydrogens (tertiary/aromatic N) is 1. The summed E-state index contributed by atoms with van der Waals surface area (Å²) in [6.45, 7) is 7.30. The van der Waals surface area contributed by atoms with E-state index in [1.807, 2.05) is 24.3 Å². The molecule has 0 saturated carbocycles. The lowest BCUT2D eigenvalue weighted by Crippen LogP contribution is -2.48. The molecule has 1 aliphatic rings. The molecule has 0 bridgehead atoms. The van der Waals surface area contributed by atoms with Gasteiger partial charge in [0.25, 0.3) is 5.91 Å². The highest BCUT2D eigenvalue weighted by molar-refractivity contribution is 9.10. The van der Waals surface area contributed by atoms with Crippen molar-refractivity contribution < 1.29 is 9.53 Å². The summed E-state index contributed by atoms with van der Waals surface area (Å²) in [4.78, 5) is 14.7. The quantitative estimate of drug-likeness (QED) is 0.837. The standard InChI is InChI=1S/C17H25BrN2O2/c1-3-10-20-11-8-15(9-12-20)19-17(21)13(2)22-16-6-4-14(18)5-7-16/h4-7,13,15H,3,8-12H2,1-2H3,(H,19,21). The van der Waals surface area contributed by atoms with Crippen LogP contribution < -0.4 is 10.1 Å². The first-order valence-electron chi connectivity index (χ1n) is 8.03. The molecule has 1 heterocycles. The summed E-state index contributed by atoms with van der Waals surface area (Å²) in [6.07, 6.45) is 2.76. The predicted molar refractivity (Wildman–Crippen MR) is 92.1 cm³/mol. The largest absolute Gasteiger partial charge is 0.481 e. The second-order valence-corrected chi connectivity index (χ2v) is 6.75. The Bertz CT molecular complexity index is 470. The van der Waals surface area contributed by atoms with E-state index in [-0.39, 0.29) is 11.9 Å². The number of benzene rings is 1. The van der Waals surface area contributed by atoms with Gasteiger partial charge in [-0.25, -0.2) is 0 Å². The molecule has 22 heavy (non-hydrogen) atoms. The van der Waals surface area contributed by atoms with E-state index in [0.29, 0.717) is 5.75 Å². The normalized spacial score (nSPS) is 18.0. The van der Waals surface area contributed by atoms with Crippen molar-refractivity contribution in [2.24, 2.45) is 0 Å². The van der Waals surface area contributed by atoms with Crippen molar-refractivity contribution >= 4 is 21.8 Å². The molecule has 1 aromatic carbocycles. The molecular weight excluding hydrogens is 344 g/mol. The maximum Gasteiger partial charge on any atom is 0.260 e. The summed E-state index contributed by atoms with van der Waals surface area (Å²) in [5, 5.41) is 3.11. The van der Waals surface area contributed by atoms with Crippen molar-refractivity contribution in [1.82, 2.24) is 10.2 Å². The van der Waals surface area contributed by atoms with Crippen molar-refractivity contribution in [3.05, 3.63) is 28.7 Å². The molecule has 1 amide bonds. The van der Waals surface area contributed by atoms with Crippen LogP contribution in [0.4, 0.5) is 0 Å². The molecule has 1 fully saturated rings. The van der Waals surface area contributed by atoms with Gasteiger partial charge >= 0.3 is 0 Å². The first-order valence-corrected chi connectivity index (χ1v) is 8.82. The van der Waals surface area contributed by atoms with Gasteiger partial charge in [0.15, 0.2) is 6.10 Å². The van der Waals surface area contributed by atoms with Crippen molar-refractivity contribution in [2.45, 2.75) is 45.3 Å². The van der Waals surface area contributed by atoms with Crippen LogP contribution in [-0.4, -0.2) is 42.6 Å². The molecular formula is C17H25BrN2O2. The van der Waals surface area contributed by atoms with Gasteiger partial charge in [-0.15, -0.1) is 0 Å². The smallest absolute Gasteiger partial charge is 0.260 e. The summed E-state index contributed by atoms with van der Waals surface area (Å²) in [7, 11) is 0. The number of likely N-dealkylation sites (tertiary alicyclic amines) is 1. The Morgan fingerprint density at radius 3 is 2.59 bits per heavy atom. The molecule has 0 aliphatic carbocycles. The molecule has 1 aliphatic heterocycles. The molecule has 5 heteroatoms. The van der Waals surface area contributed by atoms with E-state index in [1.165, 1.54) is 6.42 Å². The van der Waals surface area contributed by atoms with Crippen LogP contribution >= 0.6 is 15.9 Å². The van der Waals surface area contributed by atoms with Gasteiger partial charge in [0.05, 0.1) is 0 Å². The monoisotopic (exact) mass is 368 g/mol. The van der Waals surface area contributed by atoms with Crippen LogP contribution in [0.1, 0.15) is 33.1 Å². The van der Waals surface area contributed by atoms with Crippen LogP contribution in [0.25, 0.3) is 0 Å². The Labute approximate surface area is 141 Å². The minimum atomic E-state index is -0.477. The Hall–Kier alpha value is -1.07. The average Bonchev–Trinajstić information content (AvgIpc) is 2.51. The van der Waals surface area contributed by atoms with Gasteiger partial charge in [-0.05, 0) is 57.0 Å². The van der Waals surface area contributed by atoms with E-state index >= 15 is 0 Å². The van der Waals surface area contributed by atoms with Gasteiger partial charge in [-0.1, -0.05) is 22.9 Å². The fraction of sp³-hybridized carbons (Fsp3) is 0.588. The summed E-state index contributed by atoms with van der Waals surface area (Å²) in [5.41, 5.74) is 0. The van der Waals surface area contributed by atoms with Crippen molar-refractivity contribution in [2.75, 3.05) is 19.6 Å². The van der Waals surface area contributed by atoms with Crippen LogP contribution in [0.2, 0.25) is 0 Å². The maximum atomic E-state index is 12.2. The van der Waals surface area contributed by atoms with E-state index < -0.39 is 6.10 Å². The van der Waals surface area contributed by atoms with E-state index in [1.54, 1.807) is 6.92 Å². The topological polar surface area (TPSA) is 41.6 Å². The van der Waals surface area contributed by atoms with Gasteiger partial charge in [-0.3, -0.25) is 4.79 Å². The van der Waals surface area contributed by atoms with Gasteiger partial charge in [0, 0.05) is 23.6 Å². The third-order valence-corrected chi connectivity index (χ3v) is 4.50. The number of amides is 1. The van der Waals surface area contributed by atoms with Crippen LogP contribution in [0.3, 0.4) is 0 Å². The van der Waals surface area contributed by atoms with Gasteiger partial charge in [-0.2, -0.15) is 0 Å². The number of carbonyl (C=O) groups excluding carboxylic acids is 1.